The molecule has 2 atom stereocenters. The standard InChI is InChI=1S/C13H25N3O/c1-15(9-12-8-14-4-7-17-12)13-10-16-5-2-11(13)3-6-16/h11-14H,2-10H2,1H3. The Hall–Kier alpha value is -0.160. The van der Waals surface area contributed by atoms with Gasteiger partial charge in [-0.1, -0.05) is 0 Å². The molecule has 98 valence electrons. The summed E-state index contributed by atoms with van der Waals surface area (Å²) in [5.74, 6) is 0.932. The lowest BCUT2D eigenvalue weighted by atomic mass is 9.83. The lowest BCUT2D eigenvalue weighted by Crippen LogP contribution is -2.58. The Morgan fingerprint density at radius 3 is 2.76 bits per heavy atom. The van der Waals surface area contributed by atoms with Gasteiger partial charge >= 0.3 is 0 Å². The SMILES string of the molecule is CN(CC1CNCCO1)C1CN2CCC1CC2. The molecule has 0 aliphatic carbocycles. The van der Waals surface area contributed by atoms with Gasteiger partial charge in [-0.15, -0.1) is 0 Å². The van der Waals surface area contributed by atoms with Gasteiger partial charge < -0.3 is 15.0 Å². The zero-order valence-electron chi connectivity index (χ0n) is 10.9. The van der Waals surface area contributed by atoms with Gasteiger partial charge in [0.05, 0.1) is 12.7 Å². The van der Waals surface area contributed by atoms with Crippen molar-refractivity contribution in [2.24, 2.45) is 5.92 Å². The number of hydrogen-bond donors (Lipinski definition) is 1. The molecule has 0 aromatic rings. The van der Waals surface area contributed by atoms with E-state index in [0.29, 0.717) is 6.10 Å². The third kappa shape index (κ3) is 2.65. The maximum Gasteiger partial charge on any atom is 0.0826 e. The average Bonchev–Trinajstić information content (AvgIpc) is 2.41. The number of likely N-dealkylation sites (N-methyl/N-ethyl adjacent to an activating group) is 1. The monoisotopic (exact) mass is 239 g/mol. The summed E-state index contributed by atoms with van der Waals surface area (Å²) in [6.07, 6.45) is 3.20. The van der Waals surface area contributed by atoms with Crippen LogP contribution >= 0.6 is 0 Å². The predicted molar refractivity (Wildman–Crippen MR) is 68.2 cm³/mol. The van der Waals surface area contributed by atoms with Gasteiger partial charge in [-0.05, 0) is 38.9 Å². The lowest BCUT2D eigenvalue weighted by molar-refractivity contribution is -0.0303. The molecule has 0 aromatic carbocycles. The second kappa shape index (κ2) is 5.22. The van der Waals surface area contributed by atoms with Crippen LogP contribution in [-0.4, -0.2) is 74.9 Å². The molecule has 0 radical (unpaired) electrons. The van der Waals surface area contributed by atoms with Crippen molar-refractivity contribution in [3.63, 3.8) is 0 Å². The van der Waals surface area contributed by atoms with E-state index in [1.54, 1.807) is 0 Å². The van der Waals surface area contributed by atoms with Crippen LogP contribution in [0.2, 0.25) is 0 Å². The second-order valence-corrected chi connectivity index (χ2v) is 5.84. The number of nitrogens with zero attached hydrogens (tertiary/aromatic N) is 2. The molecule has 1 N–H and O–H groups in total. The van der Waals surface area contributed by atoms with E-state index in [1.165, 1.54) is 32.5 Å². The molecule has 0 amide bonds. The molecule has 4 aliphatic heterocycles. The van der Waals surface area contributed by atoms with Crippen molar-refractivity contribution in [3.8, 4) is 0 Å². The predicted octanol–water partition coefficient (Wildman–Crippen LogP) is 0.000800. The normalized spacial score (nSPS) is 42.0. The average molecular weight is 239 g/mol. The van der Waals surface area contributed by atoms with Crippen LogP contribution in [0, 0.1) is 5.92 Å². The number of piperidine rings is 3. The molecule has 0 spiro atoms. The third-order valence-corrected chi connectivity index (χ3v) is 4.68. The number of ether oxygens (including phenoxy) is 1. The highest BCUT2D eigenvalue weighted by atomic mass is 16.5. The quantitative estimate of drug-likeness (QED) is 0.750. The number of morpholine rings is 1. The van der Waals surface area contributed by atoms with Crippen LogP contribution in [0.15, 0.2) is 0 Å². The van der Waals surface area contributed by atoms with Crippen LogP contribution in [-0.2, 0) is 4.74 Å². The van der Waals surface area contributed by atoms with Crippen molar-refractivity contribution in [2.75, 3.05) is 52.9 Å². The minimum absolute atomic E-state index is 0.393. The van der Waals surface area contributed by atoms with E-state index >= 15 is 0 Å². The number of hydrogen-bond acceptors (Lipinski definition) is 4. The van der Waals surface area contributed by atoms with Crippen molar-refractivity contribution in [1.29, 1.82) is 0 Å². The van der Waals surface area contributed by atoms with Crippen LogP contribution in [0.5, 0.6) is 0 Å². The Bertz CT molecular complexity index is 247. The topological polar surface area (TPSA) is 27.7 Å². The van der Waals surface area contributed by atoms with Gasteiger partial charge in [0, 0.05) is 32.2 Å². The van der Waals surface area contributed by atoms with E-state index < -0.39 is 0 Å². The Kier molecular flexibility index (Phi) is 3.66. The van der Waals surface area contributed by atoms with Crippen LogP contribution in [0.3, 0.4) is 0 Å². The van der Waals surface area contributed by atoms with Crippen LogP contribution < -0.4 is 5.32 Å². The van der Waals surface area contributed by atoms with E-state index in [9.17, 15) is 0 Å². The molecule has 4 heteroatoms. The first kappa shape index (κ1) is 11.9. The minimum Gasteiger partial charge on any atom is -0.374 e. The Balaban J connectivity index is 1.53. The fourth-order valence-electron chi connectivity index (χ4n) is 3.63. The summed E-state index contributed by atoms with van der Waals surface area (Å²) in [5.41, 5.74) is 0. The van der Waals surface area contributed by atoms with Crippen LogP contribution in [0.4, 0.5) is 0 Å². The zero-order chi connectivity index (χ0) is 11.7. The molecule has 4 nitrogen and oxygen atoms in total. The first-order valence-corrected chi connectivity index (χ1v) is 7.08. The number of nitrogens with one attached hydrogen (secondary N) is 1. The molecule has 4 saturated heterocycles. The van der Waals surface area contributed by atoms with Gasteiger partial charge in [0.2, 0.25) is 0 Å². The summed E-state index contributed by atoms with van der Waals surface area (Å²) < 4.78 is 5.80. The van der Waals surface area contributed by atoms with Crippen molar-refractivity contribution < 1.29 is 4.74 Å². The lowest BCUT2D eigenvalue weighted by Gasteiger charge is -2.48. The summed E-state index contributed by atoms with van der Waals surface area (Å²) in [6.45, 7) is 7.93. The maximum atomic E-state index is 5.80. The van der Waals surface area contributed by atoms with E-state index in [2.05, 4.69) is 22.2 Å². The summed E-state index contributed by atoms with van der Waals surface area (Å²) in [6, 6.07) is 0.767. The highest BCUT2D eigenvalue weighted by molar-refractivity contribution is 4.92. The molecule has 2 unspecified atom stereocenters. The Labute approximate surface area is 104 Å². The molecule has 4 rings (SSSR count). The highest BCUT2D eigenvalue weighted by Gasteiger charge is 2.36. The fourth-order valence-corrected chi connectivity index (χ4v) is 3.63. The zero-order valence-corrected chi connectivity index (χ0v) is 10.9. The maximum absolute atomic E-state index is 5.80. The van der Waals surface area contributed by atoms with Gasteiger partial charge in [-0.25, -0.2) is 0 Å². The molecule has 4 aliphatic rings. The van der Waals surface area contributed by atoms with E-state index in [4.69, 9.17) is 4.74 Å². The fraction of sp³-hybridized carbons (Fsp3) is 1.00. The van der Waals surface area contributed by atoms with Crippen molar-refractivity contribution >= 4 is 0 Å². The van der Waals surface area contributed by atoms with Crippen molar-refractivity contribution in [2.45, 2.75) is 25.0 Å². The van der Waals surface area contributed by atoms with Gasteiger partial charge in [0.15, 0.2) is 0 Å². The van der Waals surface area contributed by atoms with E-state index in [1.807, 2.05) is 0 Å². The van der Waals surface area contributed by atoms with E-state index in [-0.39, 0.29) is 0 Å². The van der Waals surface area contributed by atoms with Crippen molar-refractivity contribution in [3.05, 3.63) is 0 Å². The molecule has 2 bridgehead atoms. The van der Waals surface area contributed by atoms with Gasteiger partial charge in [-0.2, -0.15) is 0 Å². The molecule has 17 heavy (non-hydrogen) atoms. The smallest absolute Gasteiger partial charge is 0.0826 e. The number of fused-ring (bicyclic) bond motifs is 3. The first-order valence-electron chi connectivity index (χ1n) is 7.08. The Morgan fingerprint density at radius 1 is 1.35 bits per heavy atom. The summed E-state index contributed by atoms with van der Waals surface area (Å²) in [5, 5.41) is 3.42. The van der Waals surface area contributed by atoms with Gasteiger partial charge in [0.25, 0.3) is 0 Å². The largest absolute Gasteiger partial charge is 0.374 e. The summed E-state index contributed by atoms with van der Waals surface area (Å²) in [4.78, 5) is 5.18. The molecule has 0 aromatic heterocycles. The number of rotatable bonds is 3. The summed E-state index contributed by atoms with van der Waals surface area (Å²) in [7, 11) is 2.28. The van der Waals surface area contributed by atoms with Gasteiger partial charge in [0.1, 0.15) is 0 Å². The molecular formula is C13H25N3O. The third-order valence-electron chi connectivity index (χ3n) is 4.68. The molecule has 4 fully saturated rings. The molecular weight excluding hydrogens is 214 g/mol. The van der Waals surface area contributed by atoms with Gasteiger partial charge in [-0.3, -0.25) is 4.90 Å². The highest BCUT2D eigenvalue weighted by Crippen LogP contribution is 2.30. The summed E-state index contributed by atoms with van der Waals surface area (Å²) >= 11 is 0. The van der Waals surface area contributed by atoms with Crippen LogP contribution in [0.1, 0.15) is 12.8 Å². The van der Waals surface area contributed by atoms with E-state index in [0.717, 1.165) is 38.2 Å². The molecule has 4 heterocycles. The van der Waals surface area contributed by atoms with Crippen molar-refractivity contribution in [1.82, 2.24) is 15.1 Å². The van der Waals surface area contributed by atoms with Crippen LogP contribution in [0.25, 0.3) is 0 Å². The minimum atomic E-state index is 0.393. The first-order chi connectivity index (χ1) is 8.33. The second-order valence-electron chi connectivity index (χ2n) is 5.84. The molecule has 0 saturated carbocycles. The Morgan fingerprint density at radius 2 is 2.18 bits per heavy atom.